The van der Waals surface area contributed by atoms with Gasteiger partial charge < -0.3 is 4.57 Å². The zero-order valence-electron chi connectivity index (χ0n) is 14.0. The third-order valence-electron chi connectivity index (χ3n) is 4.62. The van der Waals surface area contributed by atoms with Crippen LogP contribution in [-0.2, 0) is 19.5 Å². The van der Waals surface area contributed by atoms with Gasteiger partial charge in [0, 0.05) is 31.9 Å². The van der Waals surface area contributed by atoms with E-state index < -0.39 is 0 Å². The molecule has 3 heterocycles. The van der Waals surface area contributed by atoms with Crippen molar-refractivity contribution in [1.82, 2.24) is 29.6 Å². The molecule has 128 valence electrons. The number of halogens is 1. The summed E-state index contributed by atoms with van der Waals surface area (Å²) in [5, 5.41) is 8.66. The first-order chi connectivity index (χ1) is 12.2. The molecule has 0 amide bonds. The van der Waals surface area contributed by atoms with Crippen LogP contribution in [0.5, 0.6) is 0 Å². The second kappa shape index (κ2) is 6.68. The van der Waals surface area contributed by atoms with Gasteiger partial charge in [-0.3, -0.25) is 4.90 Å². The normalized spacial score (nSPS) is 15.8. The Morgan fingerprint density at radius 2 is 1.96 bits per heavy atom. The molecule has 7 heteroatoms. The summed E-state index contributed by atoms with van der Waals surface area (Å²) in [7, 11) is 0. The van der Waals surface area contributed by atoms with Crippen molar-refractivity contribution >= 4 is 0 Å². The average Bonchev–Trinajstić information content (AvgIpc) is 3.04. The fourth-order valence-corrected chi connectivity index (χ4v) is 3.22. The van der Waals surface area contributed by atoms with E-state index in [2.05, 4.69) is 36.6 Å². The maximum absolute atomic E-state index is 13.4. The Kier molecular flexibility index (Phi) is 4.23. The number of hydrogen-bond donors (Lipinski definition) is 0. The minimum Gasteiger partial charge on any atom is -0.312 e. The molecule has 1 aliphatic rings. The van der Waals surface area contributed by atoms with Gasteiger partial charge in [-0.05, 0) is 30.7 Å². The molecule has 0 saturated carbocycles. The summed E-state index contributed by atoms with van der Waals surface area (Å²) in [4.78, 5) is 11.0. The highest BCUT2D eigenvalue weighted by Crippen LogP contribution is 2.23. The number of aromatic nitrogens is 5. The van der Waals surface area contributed by atoms with E-state index in [0.29, 0.717) is 13.0 Å². The van der Waals surface area contributed by atoms with E-state index in [9.17, 15) is 4.39 Å². The molecule has 0 N–H and O–H groups in total. The first-order valence-corrected chi connectivity index (χ1v) is 8.37. The van der Waals surface area contributed by atoms with Crippen LogP contribution in [0.4, 0.5) is 4.39 Å². The van der Waals surface area contributed by atoms with Crippen LogP contribution < -0.4 is 0 Å². The van der Waals surface area contributed by atoms with Crippen LogP contribution in [0.1, 0.15) is 36.0 Å². The number of rotatable bonds is 4. The molecule has 0 radical (unpaired) electrons. The third-order valence-corrected chi connectivity index (χ3v) is 4.62. The Balaban J connectivity index is 1.51. The SMILES string of the molecule is CC(c1ncccn1)N1CCn2c(Cc3cccc(F)c3)nnc2C1. The quantitative estimate of drug-likeness (QED) is 0.731. The number of fused-ring (bicyclic) bond motifs is 1. The lowest BCUT2D eigenvalue weighted by atomic mass is 10.1. The largest absolute Gasteiger partial charge is 0.312 e. The molecule has 1 aliphatic heterocycles. The molecule has 2 aromatic heterocycles. The lowest BCUT2D eigenvalue weighted by molar-refractivity contribution is 0.156. The summed E-state index contributed by atoms with van der Waals surface area (Å²) in [5.41, 5.74) is 0.906. The topological polar surface area (TPSA) is 59.7 Å². The third kappa shape index (κ3) is 3.28. The molecular formula is C18H19FN6. The molecule has 4 rings (SSSR count). The Hall–Kier alpha value is -2.67. The minimum atomic E-state index is -0.223. The van der Waals surface area contributed by atoms with Crippen LogP contribution in [0.25, 0.3) is 0 Å². The first-order valence-electron chi connectivity index (χ1n) is 8.37. The minimum absolute atomic E-state index is 0.123. The van der Waals surface area contributed by atoms with Crippen molar-refractivity contribution in [2.24, 2.45) is 0 Å². The molecule has 0 fully saturated rings. The lowest BCUT2D eigenvalue weighted by Gasteiger charge is -2.31. The summed E-state index contributed by atoms with van der Waals surface area (Å²) in [6.45, 7) is 4.50. The second-order valence-corrected chi connectivity index (χ2v) is 6.24. The summed E-state index contributed by atoms with van der Waals surface area (Å²) >= 11 is 0. The van der Waals surface area contributed by atoms with E-state index in [4.69, 9.17) is 0 Å². The molecule has 25 heavy (non-hydrogen) atoms. The predicted octanol–water partition coefficient (Wildman–Crippen LogP) is 2.37. The van der Waals surface area contributed by atoms with Crippen molar-refractivity contribution in [3.63, 3.8) is 0 Å². The Morgan fingerprint density at radius 1 is 1.12 bits per heavy atom. The van der Waals surface area contributed by atoms with E-state index in [1.165, 1.54) is 6.07 Å². The van der Waals surface area contributed by atoms with Gasteiger partial charge in [0.1, 0.15) is 23.3 Å². The standard InChI is InChI=1S/C18H19FN6/c1-13(18-20-6-3-7-21-18)24-8-9-25-16(22-23-17(25)12-24)11-14-4-2-5-15(19)10-14/h2-7,10,13H,8-9,11-12H2,1H3. The Labute approximate surface area is 145 Å². The van der Waals surface area contributed by atoms with E-state index in [1.54, 1.807) is 24.5 Å². The van der Waals surface area contributed by atoms with Gasteiger partial charge in [0.2, 0.25) is 0 Å². The van der Waals surface area contributed by atoms with Crippen LogP contribution in [0, 0.1) is 5.82 Å². The molecule has 0 spiro atoms. The predicted molar refractivity (Wildman–Crippen MR) is 90.1 cm³/mol. The van der Waals surface area contributed by atoms with E-state index in [0.717, 1.165) is 36.1 Å². The number of benzene rings is 1. The van der Waals surface area contributed by atoms with Gasteiger partial charge in [-0.1, -0.05) is 12.1 Å². The second-order valence-electron chi connectivity index (χ2n) is 6.24. The Bertz CT molecular complexity index is 863. The zero-order chi connectivity index (χ0) is 17.2. The van der Waals surface area contributed by atoms with Gasteiger partial charge in [-0.2, -0.15) is 0 Å². The summed E-state index contributed by atoms with van der Waals surface area (Å²) in [5.74, 6) is 2.40. The van der Waals surface area contributed by atoms with E-state index >= 15 is 0 Å². The van der Waals surface area contributed by atoms with Gasteiger partial charge in [-0.15, -0.1) is 10.2 Å². The molecule has 6 nitrogen and oxygen atoms in total. The van der Waals surface area contributed by atoms with Gasteiger partial charge in [0.05, 0.1) is 12.6 Å². The Morgan fingerprint density at radius 3 is 2.76 bits per heavy atom. The summed E-state index contributed by atoms with van der Waals surface area (Å²) < 4.78 is 15.5. The lowest BCUT2D eigenvalue weighted by Crippen LogP contribution is -2.36. The van der Waals surface area contributed by atoms with E-state index in [1.807, 2.05) is 12.1 Å². The number of hydrogen-bond acceptors (Lipinski definition) is 5. The molecule has 3 aromatic rings. The molecule has 1 atom stereocenters. The van der Waals surface area contributed by atoms with Crippen molar-refractivity contribution in [1.29, 1.82) is 0 Å². The highest BCUT2D eigenvalue weighted by molar-refractivity contribution is 5.20. The monoisotopic (exact) mass is 338 g/mol. The van der Waals surface area contributed by atoms with Crippen molar-refractivity contribution in [2.45, 2.75) is 32.5 Å². The van der Waals surface area contributed by atoms with Crippen molar-refractivity contribution in [3.8, 4) is 0 Å². The fraction of sp³-hybridized carbons (Fsp3) is 0.333. The zero-order valence-corrected chi connectivity index (χ0v) is 14.0. The van der Waals surface area contributed by atoms with Crippen LogP contribution in [0.3, 0.4) is 0 Å². The molecule has 1 unspecified atom stereocenters. The highest BCUT2D eigenvalue weighted by atomic mass is 19.1. The van der Waals surface area contributed by atoms with Crippen molar-refractivity contribution in [2.75, 3.05) is 6.54 Å². The smallest absolute Gasteiger partial charge is 0.147 e. The highest BCUT2D eigenvalue weighted by Gasteiger charge is 2.26. The van der Waals surface area contributed by atoms with Gasteiger partial charge >= 0.3 is 0 Å². The van der Waals surface area contributed by atoms with Crippen LogP contribution >= 0.6 is 0 Å². The first kappa shape index (κ1) is 15.8. The van der Waals surface area contributed by atoms with Gasteiger partial charge in [-0.25, -0.2) is 14.4 Å². The van der Waals surface area contributed by atoms with Gasteiger partial charge in [0.25, 0.3) is 0 Å². The van der Waals surface area contributed by atoms with Crippen molar-refractivity contribution < 1.29 is 4.39 Å². The van der Waals surface area contributed by atoms with Crippen LogP contribution in [0.2, 0.25) is 0 Å². The molecule has 0 bridgehead atoms. The average molecular weight is 338 g/mol. The summed E-state index contributed by atoms with van der Waals surface area (Å²) in [6.07, 6.45) is 4.12. The fourth-order valence-electron chi connectivity index (χ4n) is 3.22. The maximum atomic E-state index is 13.4. The van der Waals surface area contributed by atoms with Crippen LogP contribution in [0.15, 0.2) is 42.7 Å². The van der Waals surface area contributed by atoms with E-state index in [-0.39, 0.29) is 11.9 Å². The molecular weight excluding hydrogens is 319 g/mol. The molecule has 0 saturated heterocycles. The summed E-state index contributed by atoms with van der Waals surface area (Å²) in [6, 6.07) is 8.58. The van der Waals surface area contributed by atoms with Gasteiger partial charge in [0.15, 0.2) is 0 Å². The van der Waals surface area contributed by atoms with Crippen molar-refractivity contribution in [3.05, 3.63) is 71.6 Å². The molecule has 0 aliphatic carbocycles. The van der Waals surface area contributed by atoms with Crippen LogP contribution in [-0.4, -0.2) is 36.2 Å². The maximum Gasteiger partial charge on any atom is 0.147 e. The molecule has 1 aromatic carbocycles. The number of nitrogens with zero attached hydrogens (tertiary/aromatic N) is 6.